The quantitative estimate of drug-likeness (QED) is 0.657. The number of hydrogen-bond donors (Lipinski definition) is 2. The monoisotopic (exact) mass is 351 g/mol. The standard InChI is InChI=1S/C14H10ClN3O2S2/c15-8-3-1-2-7(4-8)10(19)6-22-11-5-9-12(16-11)17-14(21)18-13(9)20/h1-4H,5-6H2,(H2,17,18,20,21). The number of nitrogens with zero attached hydrogens (tertiary/aromatic N) is 1. The van der Waals surface area contributed by atoms with Gasteiger partial charge in [-0.1, -0.05) is 23.7 Å². The van der Waals surface area contributed by atoms with Crippen LogP contribution in [0.1, 0.15) is 15.9 Å². The van der Waals surface area contributed by atoms with Gasteiger partial charge in [-0.15, -0.1) is 11.8 Å². The van der Waals surface area contributed by atoms with Gasteiger partial charge in [-0.3, -0.25) is 14.6 Å². The van der Waals surface area contributed by atoms with Gasteiger partial charge in [0.1, 0.15) is 5.82 Å². The number of rotatable bonds is 3. The second-order valence-electron chi connectivity index (χ2n) is 4.64. The molecule has 1 aromatic carbocycles. The van der Waals surface area contributed by atoms with Gasteiger partial charge >= 0.3 is 0 Å². The molecule has 1 aliphatic rings. The average molecular weight is 352 g/mol. The number of nitrogens with one attached hydrogen (secondary N) is 2. The van der Waals surface area contributed by atoms with E-state index < -0.39 is 0 Å². The minimum Gasteiger partial charge on any atom is -0.317 e. The zero-order valence-corrected chi connectivity index (χ0v) is 13.6. The third-order valence-electron chi connectivity index (χ3n) is 3.10. The van der Waals surface area contributed by atoms with E-state index in [9.17, 15) is 9.59 Å². The third kappa shape index (κ3) is 3.21. The summed E-state index contributed by atoms with van der Waals surface area (Å²) in [4.78, 5) is 33.6. The smallest absolute Gasteiger partial charge is 0.257 e. The van der Waals surface area contributed by atoms with Crippen LogP contribution < -0.4 is 5.56 Å². The summed E-state index contributed by atoms with van der Waals surface area (Å²) in [6.07, 6.45) is 0.407. The largest absolute Gasteiger partial charge is 0.317 e. The van der Waals surface area contributed by atoms with Crippen LogP contribution in [-0.2, 0) is 6.42 Å². The zero-order chi connectivity index (χ0) is 15.7. The lowest BCUT2D eigenvalue weighted by atomic mass is 10.1. The Morgan fingerprint density at radius 1 is 1.41 bits per heavy atom. The maximum Gasteiger partial charge on any atom is 0.257 e. The SMILES string of the molecule is O=C(CSC1=Nc2[nH]c(=S)[nH]c(=O)c2C1)c1cccc(Cl)c1. The molecule has 3 rings (SSSR count). The maximum absolute atomic E-state index is 12.1. The molecule has 2 aromatic rings. The lowest BCUT2D eigenvalue weighted by Gasteiger charge is -2.01. The highest BCUT2D eigenvalue weighted by Gasteiger charge is 2.20. The van der Waals surface area contributed by atoms with E-state index in [0.29, 0.717) is 33.4 Å². The average Bonchev–Trinajstić information content (AvgIpc) is 2.88. The summed E-state index contributed by atoms with van der Waals surface area (Å²) in [5.41, 5.74) is 0.874. The second kappa shape index (κ2) is 6.20. The second-order valence-corrected chi connectivity index (χ2v) is 6.53. The molecule has 8 heteroatoms. The predicted molar refractivity (Wildman–Crippen MR) is 91.3 cm³/mol. The Morgan fingerprint density at radius 2 is 2.23 bits per heavy atom. The van der Waals surface area contributed by atoms with Crippen LogP contribution in [-0.4, -0.2) is 26.5 Å². The molecule has 22 heavy (non-hydrogen) atoms. The van der Waals surface area contributed by atoms with E-state index in [2.05, 4.69) is 15.0 Å². The molecule has 112 valence electrons. The molecule has 0 atom stereocenters. The lowest BCUT2D eigenvalue weighted by Crippen LogP contribution is -2.13. The van der Waals surface area contributed by atoms with E-state index in [1.807, 2.05) is 0 Å². The molecule has 0 aliphatic carbocycles. The van der Waals surface area contributed by atoms with Crippen molar-refractivity contribution >= 4 is 52.2 Å². The number of carbonyl (C=O) groups is 1. The molecule has 0 radical (unpaired) electrons. The Labute approximate surface area is 139 Å². The molecule has 5 nitrogen and oxygen atoms in total. The molecular weight excluding hydrogens is 342 g/mol. The molecule has 0 saturated heterocycles. The van der Waals surface area contributed by atoms with Crippen molar-refractivity contribution in [2.24, 2.45) is 4.99 Å². The maximum atomic E-state index is 12.1. The Kier molecular flexibility index (Phi) is 4.28. The van der Waals surface area contributed by atoms with Crippen molar-refractivity contribution in [3.05, 3.63) is 55.5 Å². The third-order valence-corrected chi connectivity index (χ3v) is 4.51. The van der Waals surface area contributed by atoms with Crippen LogP contribution in [0.5, 0.6) is 0 Å². The Morgan fingerprint density at radius 3 is 3.00 bits per heavy atom. The van der Waals surface area contributed by atoms with Crippen molar-refractivity contribution in [3.8, 4) is 0 Å². The first-order valence-electron chi connectivity index (χ1n) is 6.37. The van der Waals surface area contributed by atoms with Crippen LogP contribution in [0.2, 0.25) is 5.02 Å². The number of halogens is 1. The number of aromatic nitrogens is 2. The number of fused-ring (bicyclic) bond motifs is 1. The van der Waals surface area contributed by atoms with E-state index in [-0.39, 0.29) is 21.9 Å². The number of ketones is 1. The fraction of sp³-hybridized carbons (Fsp3) is 0.143. The summed E-state index contributed by atoms with van der Waals surface area (Å²) in [7, 11) is 0. The van der Waals surface area contributed by atoms with Crippen molar-refractivity contribution in [2.75, 3.05) is 5.75 Å². The molecule has 0 bridgehead atoms. The molecule has 2 N–H and O–H groups in total. The number of Topliss-reactive ketones (excluding diaryl/α,β-unsaturated/α-hetero) is 1. The topological polar surface area (TPSA) is 78.1 Å². The van der Waals surface area contributed by atoms with Crippen molar-refractivity contribution in [1.29, 1.82) is 0 Å². The summed E-state index contributed by atoms with van der Waals surface area (Å²) in [6.45, 7) is 0. The highest BCUT2D eigenvalue weighted by molar-refractivity contribution is 8.14. The van der Waals surface area contributed by atoms with E-state index in [0.717, 1.165) is 0 Å². The molecule has 0 saturated carbocycles. The van der Waals surface area contributed by atoms with Gasteiger partial charge in [0.15, 0.2) is 10.6 Å². The van der Waals surface area contributed by atoms with Gasteiger partial charge in [-0.25, -0.2) is 4.99 Å². The fourth-order valence-corrected chi connectivity index (χ4v) is 3.30. The van der Waals surface area contributed by atoms with Crippen LogP contribution in [0, 0.1) is 4.77 Å². The first kappa shape index (κ1) is 15.2. The van der Waals surface area contributed by atoms with E-state index >= 15 is 0 Å². The molecule has 1 aromatic heterocycles. The number of hydrogen-bond acceptors (Lipinski definition) is 5. The predicted octanol–water partition coefficient (Wildman–Crippen LogP) is 3.29. The lowest BCUT2D eigenvalue weighted by molar-refractivity contribution is 0.102. The Balaban J connectivity index is 1.70. The highest BCUT2D eigenvalue weighted by atomic mass is 35.5. The minimum absolute atomic E-state index is 0.0343. The van der Waals surface area contributed by atoms with Crippen molar-refractivity contribution in [1.82, 2.24) is 9.97 Å². The first-order valence-corrected chi connectivity index (χ1v) is 8.15. The van der Waals surface area contributed by atoms with Gasteiger partial charge in [0.25, 0.3) is 5.56 Å². The summed E-state index contributed by atoms with van der Waals surface area (Å²) in [5, 5.41) is 1.24. The van der Waals surface area contributed by atoms with Crippen LogP contribution >= 0.6 is 35.6 Å². The molecular formula is C14H10ClN3O2S2. The van der Waals surface area contributed by atoms with Gasteiger partial charge in [-0.2, -0.15) is 0 Å². The first-order chi connectivity index (χ1) is 10.5. The normalized spacial score (nSPS) is 12.9. The summed E-state index contributed by atoms with van der Waals surface area (Å²) in [6, 6.07) is 6.82. The molecule has 0 spiro atoms. The van der Waals surface area contributed by atoms with Crippen LogP contribution in [0.15, 0.2) is 34.1 Å². The highest BCUT2D eigenvalue weighted by Crippen LogP contribution is 2.25. The minimum atomic E-state index is -0.237. The number of aliphatic imine (C=N–C) groups is 1. The van der Waals surface area contributed by atoms with Crippen LogP contribution in [0.3, 0.4) is 0 Å². The Hall–Kier alpha value is -1.70. The van der Waals surface area contributed by atoms with Gasteiger partial charge in [0.2, 0.25) is 0 Å². The van der Waals surface area contributed by atoms with Crippen LogP contribution in [0.25, 0.3) is 0 Å². The summed E-state index contributed by atoms with van der Waals surface area (Å²) < 4.78 is 0.244. The molecule has 0 unspecified atom stereocenters. The number of carbonyl (C=O) groups excluding carboxylic acids is 1. The van der Waals surface area contributed by atoms with Gasteiger partial charge in [0, 0.05) is 17.0 Å². The summed E-state index contributed by atoms with van der Waals surface area (Å²) >= 11 is 12.1. The van der Waals surface area contributed by atoms with Crippen molar-refractivity contribution in [3.63, 3.8) is 0 Å². The number of H-pyrrole nitrogens is 2. The molecule has 1 aliphatic heterocycles. The fourth-order valence-electron chi connectivity index (χ4n) is 2.05. The van der Waals surface area contributed by atoms with E-state index in [1.165, 1.54) is 11.8 Å². The van der Waals surface area contributed by atoms with Crippen LogP contribution in [0.4, 0.5) is 5.82 Å². The molecule has 0 amide bonds. The van der Waals surface area contributed by atoms with Gasteiger partial charge in [-0.05, 0) is 24.4 Å². The molecule has 0 fully saturated rings. The Bertz CT molecular complexity index is 901. The summed E-state index contributed by atoms with van der Waals surface area (Å²) in [5.74, 6) is 0.686. The number of thioether (sulfide) groups is 1. The number of aromatic amines is 2. The van der Waals surface area contributed by atoms with Gasteiger partial charge < -0.3 is 4.98 Å². The van der Waals surface area contributed by atoms with E-state index in [1.54, 1.807) is 24.3 Å². The number of benzene rings is 1. The van der Waals surface area contributed by atoms with Crippen molar-refractivity contribution in [2.45, 2.75) is 6.42 Å². The van der Waals surface area contributed by atoms with E-state index in [4.69, 9.17) is 23.8 Å². The van der Waals surface area contributed by atoms with Crippen molar-refractivity contribution < 1.29 is 4.79 Å². The zero-order valence-electron chi connectivity index (χ0n) is 11.2. The molecule has 2 heterocycles. The van der Waals surface area contributed by atoms with Gasteiger partial charge in [0.05, 0.1) is 16.4 Å².